The fraction of sp³-hybridized carbons (Fsp3) is 1.00. The van der Waals surface area contributed by atoms with Gasteiger partial charge in [-0.05, 0) is 32.7 Å². The molecule has 3 fully saturated rings. The Balaban J connectivity index is 1.57. The number of hydrogen-bond acceptors (Lipinski definition) is 4. The topological polar surface area (TPSA) is 33.7 Å². The summed E-state index contributed by atoms with van der Waals surface area (Å²) in [5.41, 5.74) is 0. The molecule has 1 N–H and O–H groups in total. The minimum absolute atomic E-state index is 0.304. The number of fused-ring (bicyclic) bond motifs is 2. The van der Waals surface area contributed by atoms with Crippen molar-refractivity contribution in [2.24, 2.45) is 0 Å². The van der Waals surface area contributed by atoms with Gasteiger partial charge in [-0.25, -0.2) is 0 Å². The van der Waals surface area contributed by atoms with Crippen LogP contribution in [0, 0.1) is 0 Å². The summed E-state index contributed by atoms with van der Waals surface area (Å²) in [6, 6.07) is 2.28. The second-order valence-electron chi connectivity index (χ2n) is 5.61. The Morgan fingerprint density at radius 2 is 1.94 bits per heavy atom. The summed E-state index contributed by atoms with van der Waals surface area (Å²) in [5, 5.41) is 3.45. The van der Waals surface area contributed by atoms with Crippen molar-refractivity contribution in [1.29, 1.82) is 0 Å². The van der Waals surface area contributed by atoms with Gasteiger partial charge in [0.2, 0.25) is 0 Å². The molecule has 3 aliphatic rings. The molecule has 0 amide bonds. The van der Waals surface area contributed by atoms with Gasteiger partial charge in [0.1, 0.15) is 0 Å². The summed E-state index contributed by atoms with van der Waals surface area (Å²) < 4.78 is 11.3. The van der Waals surface area contributed by atoms with Crippen molar-refractivity contribution < 1.29 is 9.47 Å². The molecule has 3 rings (SSSR count). The Morgan fingerprint density at radius 3 is 2.53 bits per heavy atom. The van der Waals surface area contributed by atoms with Crippen molar-refractivity contribution in [1.82, 2.24) is 10.2 Å². The molecule has 3 atom stereocenters. The zero-order valence-electron chi connectivity index (χ0n) is 10.7. The first-order valence-electron chi connectivity index (χ1n) is 6.99. The van der Waals surface area contributed by atoms with E-state index in [1.807, 2.05) is 0 Å². The first kappa shape index (κ1) is 11.9. The molecule has 0 aromatic rings. The largest absolute Gasteiger partial charge is 0.376 e. The second-order valence-corrected chi connectivity index (χ2v) is 5.61. The minimum Gasteiger partial charge on any atom is -0.376 e. The fourth-order valence-corrected chi connectivity index (χ4v) is 3.69. The molecule has 0 saturated carbocycles. The molecule has 4 nitrogen and oxygen atoms in total. The zero-order chi connectivity index (χ0) is 11.7. The van der Waals surface area contributed by atoms with Crippen LogP contribution >= 0.6 is 0 Å². The lowest BCUT2D eigenvalue weighted by Gasteiger charge is -2.41. The SMILES string of the molecule is CNC1CC2CCC(C1)N2CC1COCCO1. The van der Waals surface area contributed by atoms with Gasteiger partial charge >= 0.3 is 0 Å². The van der Waals surface area contributed by atoms with E-state index in [1.54, 1.807) is 0 Å². The Hall–Kier alpha value is -0.160. The van der Waals surface area contributed by atoms with E-state index in [0.29, 0.717) is 6.10 Å². The Morgan fingerprint density at radius 1 is 1.18 bits per heavy atom. The molecule has 3 aliphatic heterocycles. The predicted octanol–water partition coefficient (Wildman–Crippen LogP) is 0.617. The van der Waals surface area contributed by atoms with Crippen LogP contribution in [0.1, 0.15) is 25.7 Å². The Kier molecular flexibility index (Phi) is 3.66. The highest BCUT2D eigenvalue weighted by Crippen LogP contribution is 2.35. The molecular formula is C13H24N2O2. The summed E-state index contributed by atoms with van der Waals surface area (Å²) in [6.45, 7) is 3.40. The molecule has 3 saturated heterocycles. The summed E-state index contributed by atoms with van der Waals surface area (Å²) in [6.07, 6.45) is 5.66. The molecule has 0 aliphatic carbocycles. The van der Waals surface area contributed by atoms with Crippen molar-refractivity contribution in [2.45, 2.75) is 49.9 Å². The van der Waals surface area contributed by atoms with Gasteiger partial charge in [-0.2, -0.15) is 0 Å². The van der Waals surface area contributed by atoms with Gasteiger partial charge in [-0.1, -0.05) is 0 Å². The Labute approximate surface area is 104 Å². The lowest BCUT2D eigenvalue weighted by molar-refractivity contribution is -0.104. The van der Waals surface area contributed by atoms with Crippen LogP contribution in [-0.2, 0) is 9.47 Å². The molecule has 0 aromatic carbocycles. The number of ether oxygens (including phenoxy) is 2. The molecule has 2 bridgehead atoms. The minimum atomic E-state index is 0.304. The maximum Gasteiger partial charge on any atom is 0.0936 e. The molecule has 4 heteroatoms. The fourth-order valence-electron chi connectivity index (χ4n) is 3.69. The molecule has 3 unspecified atom stereocenters. The number of hydrogen-bond donors (Lipinski definition) is 1. The van der Waals surface area contributed by atoms with Gasteiger partial charge in [0.25, 0.3) is 0 Å². The standard InChI is InChI=1S/C13H24N2O2/c1-14-10-6-11-2-3-12(7-10)15(11)8-13-9-16-4-5-17-13/h10-14H,2-9H2,1H3. The average Bonchev–Trinajstić information content (AvgIpc) is 2.63. The van der Waals surface area contributed by atoms with Gasteiger partial charge in [-0.15, -0.1) is 0 Å². The average molecular weight is 240 g/mol. The van der Waals surface area contributed by atoms with Crippen LogP contribution in [-0.4, -0.2) is 62.5 Å². The van der Waals surface area contributed by atoms with E-state index in [0.717, 1.165) is 44.5 Å². The lowest BCUT2D eigenvalue weighted by Crippen LogP contribution is -2.52. The van der Waals surface area contributed by atoms with Crippen molar-refractivity contribution in [3.63, 3.8) is 0 Å². The van der Waals surface area contributed by atoms with Crippen molar-refractivity contribution in [3.05, 3.63) is 0 Å². The van der Waals surface area contributed by atoms with Crippen LogP contribution in [0.5, 0.6) is 0 Å². The third-order valence-corrected chi connectivity index (χ3v) is 4.59. The van der Waals surface area contributed by atoms with E-state index in [-0.39, 0.29) is 0 Å². The van der Waals surface area contributed by atoms with E-state index in [9.17, 15) is 0 Å². The second kappa shape index (κ2) is 5.22. The smallest absolute Gasteiger partial charge is 0.0936 e. The molecule has 0 spiro atoms. The van der Waals surface area contributed by atoms with E-state index in [1.165, 1.54) is 25.7 Å². The van der Waals surface area contributed by atoms with Crippen LogP contribution in [0.15, 0.2) is 0 Å². The van der Waals surface area contributed by atoms with E-state index in [2.05, 4.69) is 17.3 Å². The summed E-state index contributed by atoms with van der Waals surface area (Å²) in [7, 11) is 2.10. The molecule has 0 aromatic heterocycles. The third kappa shape index (κ3) is 2.50. The van der Waals surface area contributed by atoms with Crippen LogP contribution < -0.4 is 5.32 Å². The first-order valence-corrected chi connectivity index (χ1v) is 6.99. The Bertz CT molecular complexity index is 242. The van der Waals surface area contributed by atoms with Crippen LogP contribution in [0.4, 0.5) is 0 Å². The van der Waals surface area contributed by atoms with Crippen LogP contribution in [0.25, 0.3) is 0 Å². The van der Waals surface area contributed by atoms with Crippen molar-refractivity contribution in [2.75, 3.05) is 33.4 Å². The van der Waals surface area contributed by atoms with Crippen molar-refractivity contribution >= 4 is 0 Å². The predicted molar refractivity (Wildman–Crippen MR) is 66.2 cm³/mol. The quantitative estimate of drug-likeness (QED) is 0.784. The molecule has 0 radical (unpaired) electrons. The van der Waals surface area contributed by atoms with Crippen molar-refractivity contribution in [3.8, 4) is 0 Å². The van der Waals surface area contributed by atoms with Gasteiger partial charge in [0.15, 0.2) is 0 Å². The highest BCUT2D eigenvalue weighted by molar-refractivity contribution is 4.97. The van der Waals surface area contributed by atoms with Gasteiger partial charge < -0.3 is 14.8 Å². The molecule has 17 heavy (non-hydrogen) atoms. The molecular weight excluding hydrogens is 216 g/mol. The summed E-state index contributed by atoms with van der Waals surface area (Å²) >= 11 is 0. The number of piperidine rings is 1. The highest BCUT2D eigenvalue weighted by Gasteiger charge is 2.41. The zero-order valence-corrected chi connectivity index (χ0v) is 10.7. The van der Waals surface area contributed by atoms with E-state index < -0.39 is 0 Å². The van der Waals surface area contributed by atoms with Gasteiger partial charge in [0, 0.05) is 24.7 Å². The van der Waals surface area contributed by atoms with Crippen LogP contribution in [0.2, 0.25) is 0 Å². The number of nitrogens with one attached hydrogen (secondary N) is 1. The van der Waals surface area contributed by atoms with Gasteiger partial charge in [-0.3, -0.25) is 4.90 Å². The summed E-state index contributed by atoms with van der Waals surface area (Å²) in [5.74, 6) is 0. The van der Waals surface area contributed by atoms with E-state index >= 15 is 0 Å². The van der Waals surface area contributed by atoms with E-state index in [4.69, 9.17) is 9.47 Å². The summed E-state index contributed by atoms with van der Waals surface area (Å²) in [4.78, 5) is 2.69. The maximum absolute atomic E-state index is 5.78. The molecule has 98 valence electrons. The first-order chi connectivity index (χ1) is 8.36. The number of nitrogens with zero attached hydrogens (tertiary/aromatic N) is 1. The monoisotopic (exact) mass is 240 g/mol. The van der Waals surface area contributed by atoms with Crippen LogP contribution in [0.3, 0.4) is 0 Å². The third-order valence-electron chi connectivity index (χ3n) is 4.59. The lowest BCUT2D eigenvalue weighted by atomic mass is 9.97. The number of rotatable bonds is 3. The normalized spacial score (nSPS) is 42.9. The highest BCUT2D eigenvalue weighted by atomic mass is 16.6. The maximum atomic E-state index is 5.78. The molecule has 3 heterocycles. The van der Waals surface area contributed by atoms with Gasteiger partial charge in [0.05, 0.1) is 25.9 Å².